The van der Waals surface area contributed by atoms with Crippen LogP contribution in [0.4, 0.5) is 0 Å². The van der Waals surface area contributed by atoms with E-state index in [1.165, 1.54) is 62.7 Å². The fourth-order valence-electron chi connectivity index (χ4n) is 4.42. The number of sulfone groups is 2. The Kier molecular flexibility index (Phi) is 15.1. The predicted molar refractivity (Wildman–Crippen MR) is 143 cm³/mol. The molecule has 0 aliphatic rings. The van der Waals surface area contributed by atoms with Gasteiger partial charge in [-0.05, 0) is 26.7 Å². The van der Waals surface area contributed by atoms with Crippen molar-refractivity contribution in [3.63, 3.8) is 0 Å². The molecule has 0 spiro atoms. The molecule has 33 heavy (non-hydrogen) atoms. The second-order valence-electron chi connectivity index (χ2n) is 9.46. The van der Waals surface area contributed by atoms with Crippen LogP contribution in [0, 0.1) is 13.8 Å². The van der Waals surface area contributed by atoms with E-state index < -0.39 is 19.7 Å². The van der Waals surface area contributed by atoms with Gasteiger partial charge in [0.25, 0.3) is 0 Å². The van der Waals surface area contributed by atoms with Crippen LogP contribution < -0.4 is 0 Å². The molecule has 194 valence electrons. The summed E-state index contributed by atoms with van der Waals surface area (Å²) in [5, 5.41) is 0. The van der Waals surface area contributed by atoms with Gasteiger partial charge >= 0.3 is 0 Å². The molecule has 1 aromatic rings. The Labute approximate surface area is 208 Å². The molecule has 1 heterocycles. The van der Waals surface area contributed by atoms with Gasteiger partial charge in [-0.15, -0.1) is 11.3 Å². The third kappa shape index (κ3) is 11.3. The van der Waals surface area contributed by atoms with Crippen molar-refractivity contribution in [2.45, 2.75) is 140 Å². The topological polar surface area (TPSA) is 68.3 Å². The Morgan fingerprint density at radius 1 is 0.485 bits per heavy atom. The van der Waals surface area contributed by atoms with Crippen molar-refractivity contribution in [2.24, 2.45) is 0 Å². The molecule has 0 aliphatic carbocycles. The van der Waals surface area contributed by atoms with E-state index in [-0.39, 0.29) is 21.3 Å². The highest BCUT2D eigenvalue weighted by Crippen LogP contribution is 2.36. The van der Waals surface area contributed by atoms with Crippen LogP contribution >= 0.6 is 11.3 Å². The third-order valence-electron chi connectivity index (χ3n) is 6.31. The maximum atomic E-state index is 13.2. The highest BCUT2D eigenvalue weighted by atomic mass is 32.2. The Balaban J connectivity index is 2.65. The summed E-state index contributed by atoms with van der Waals surface area (Å²) in [6, 6.07) is 0. The summed E-state index contributed by atoms with van der Waals surface area (Å²) in [5.41, 5.74) is 0. The monoisotopic (exact) mass is 520 g/mol. The molecule has 0 bridgehead atoms. The van der Waals surface area contributed by atoms with Crippen LogP contribution in [0.15, 0.2) is 9.79 Å². The second-order valence-corrected chi connectivity index (χ2v) is 15.0. The summed E-state index contributed by atoms with van der Waals surface area (Å²) >= 11 is 1.30. The van der Waals surface area contributed by atoms with Crippen molar-refractivity contribution in [2.75, 3.05) is 11.5 Å². The van der Waals surface area contributed by atoms with Crippen LogP contribution in [0.25, 0.3) is 0 Å². The lowest BCUT2D eigenvalue weighted by atomic mass is 10.1. The van der Waals surface area contributed by atoms with E-state index in [2.05, 4.69) is 13.8 Å². The zero-order chi connectivity index (χ0) is 24.7. The number of thiophene rings is 1. The smallest absolute Gasteiger partial charge is 0.180 e. The normalized spacial score (nSPS) is 12.5. The molecule has 1 aromatic heterocycles. The van der Waals surface area contributed by atoms with Crippen molar-refractivity contribution >= 4 is 31.0 Å². The molecular weight excluding hydrogens is 472 g/mol. The number of hydrogen-bond acceptors (Lipinski definition) is 5. The average molecular weight is 521 g/mol. The Morgan fingerprint density at radius 3 is 1.06 bits per heavy atom. The fraction of sp³-hybridized carbons (Fsp3) is 0.846. The van der Waals surface area contributed by atoms with Gasteiger partial charge in [-0.3, -0.25) is 0 Å². The average Bonchev–Trinajstić information content (AvgIpc) is 3.07. The van der Waals surface area contributed by atoms with Gasteiger partial charge < -0.3 is 0 Å². The van der Waals surface area contributed by atoms with Crippen molar-refractivity contribution in [3.05, 3.63) is 9.75 Å². The highest BCUT2D eigenvalue weighted by Gasteiger charge is 2.32. The Bertz CT molecular complexity index is 797. The second kappa shape index (κ2) is 16.3. The molecule has 1 rings (SSSR count). The first-order valence-corrected chi connectivity index (χ1v) is 17.3. The Hall–Kier alpha value is -0.400. The Morgan fingerprint density at radius 2 is 0.758 bits per heavy atom. The first kappa shape index (κ1) is 30.6. The lowest BCUT2D eigenvalue weighted by Crippen LogP contribution is -2.15. The molecule has 0 fully saturated rings. The van der Waals surface area contributed by atoms with E-state index in [9.17, 15) is 16.8 Å². The lowest BCUT2D eigenvalue weighted by molar-refractivity contribution is 0.565. The number of aryl methyl sites for hydroxylation is 2. The van der Waals surface area contributed by atoms with Crippen molar-refractivity contribution in [1.29, 1.82) is 0 Å². The van der Waals surface area contributed by atoms with Gasteiger partial charge in [0.1, 0.15) is 0 Å². The molecular formula is C26H48O4S3. The summed E-state index contributed by atoms with van der Waals surface area (Å²) < 4.78 is 52.6. The molecule has 0 atom stereocenters. The molecule has 0 aliphatic heterocycles. The summed E-state index contributed by atoms with van der Waals surface area (Å²) in [6.45, 7) is 7.88. The molecule has 7 heteroatoms. The van der Waals surface area contributed by atoms with Crippen LogP contribution in [0.1, 0.15) is 126 Å². The minimum absolute atomic E-state index is 0.0409. The van der Waals surface area contributed by atoms with Crippen molar-refractivity contribution in [1.82, 2.24) is 0 Å². The summed E-state index contributed by atoms with van der Waals surface area (Å²) in [5.74, 6) is 0.0819. The molecule has 0 saturated heterocycles. The van der Waals surface area contributed by atoms with Gasteiger partial charge in [0, 0.05) is 9.75 Å². The minimum atomic E-state index is -3.60. The molecule has 0 unspecified atom stereocenters. The van der Waals surface area contributed by atoms with Crippen LogP contribution in [0.3, 0.4) is 0 Å². The SMILES string of the molecule is CCCCCCCCCCS(=O)(=O)c1c(C)sc(C)c1S(=O)(=O)CCCCCCCCCC. The van der Waals surface area contributed by atoms with Crippen LogP contribution in [0.2, 0.25) is 0 Å². The standard InChI is InChI=1S/C26H48O4S3/c1-5-7-9-11-13-15-17-19-21-32(27,28)25-23(3)31-24(4)26(25)33(29,30)22-20-18-16-14-12-10-8-6-2/h5-22H2,1-4H3. The molecule has 0 N–H and O–H groups in total. The summed E-state index contributed by atoms with van der Waals surface area (Å²) in [4.78, 5) is 1.41. The molecule has 4 nitrogen and oxygen atoms in total. The number of rotatable bonds is 20. The van der Waals surface area contributed by atoms with Crippen LogP contribution in [-0.4, -0.2) is 28.3 Å². The first-order valence-electron chi connectivity index (χ1n) is 13.2. The van der Waals surface area contributed by atoms with E-state index in [4.69, 9.17) is 0 Å². The number of unbranched alkanes of at least 4 members (excludes halogenated alkanes) is 14. The van der Waals surface area contributed by atoms with Gasteiger partial charge in [0.15, 0.2) is 19.7 Å². The zero-order valence-electron chi connectivity index (χ0n) is 21.6. The van der Waals surface area contributed by atoms with E-state index in [1.807, 2.05) is 0 Å². The van der Waals surface area contributed by atoms with Gasteiger partial charge in [-0.25, -0.2) is 16.8 Å². The largest absolute Gasteiger partial charge is 0.224 e. The van der Waals surface area contributed by atoms with Crippen molar-refractivity contribution in [3.8, 4) is 0 Å². The van der Waals surface area contributed by atoms with E-state index >= 15 is 0 Å². The van der Waals surface area contributed by atoms with E-state index in [0.717, 1.165) is 38.5 Å². The minimum Gasteiger partial charge on any atom is -0.224 e. The van der Waals surface area contributed by atoms with Crippen molar-refractivity contribution < 1.29 is 16.8 Å². The van der Waals surface area contributed by atoms with Gasteiger partial charge in [0.05, 0.1) is 21.3 Å². The van der Waals surface area contributed by atoms with Crippen LogP contribution in [-0.2, 0) is 19.7 Å². The molecule has 0 amide bonds. The number of hydrogen-bond donors (Lipinski definition) is 0. The van der Waals surface area contributed by atoms with Gasteiger partial charge in [-0.1, -0.05) is 104 Å². The van der Waals surface area contributed by atoms with Gasteiger partial charge in [-0.2, -0.15) is 0 Å². The lowest BCUT2D eigenvalue weighted by Gasteiger charge is -2.10. The van der Waals surface area contributed by atoms with Crippen LogP contribution in [0.5, 0.6) is 0 Å². The molecule has 0 aromatic carbocycles. The first-order chi connectivity index (χ1) is 15.7. The van der Waals surface area contributed by atoms with E-state index in [1.54, 1.807) is 13.8 Å². The third-order valence-corrected chi connectivity index (χ3v) is 11.6. The maximum Gasteiger partial charge on any atom is 0.180 e. The summed E-state index contributed by atoms with van der Waals surface area (Å²) in [7, 11) is -7.20. The summed E-state index contributed by atoms with van der Waals surface area (Å²) in [6.07, 6.45) is 17.3. The fourth-order valence-corrected chi connectivity index (χ4v) is 10.5. The quantitative estimate of drug-likeness (QED) is 0.162. The zero-order valence-corrected chi connectivity index (χ0v) is 24.0. The maximum absolute atomic E-state index is 13.2. The predicted octanol–water partition coefficient (Wildman–Crippen LogP) is 8.19. The molecule has 0 radical (unpaired) electrons. The van der Waals surface area contributed by atoms with Gasteiger partial charge in [0.2, 0.25) is 0 Å². The highest BCUT2D eigenvalue weighted by molar-refractivity contribution is 7.94. The molecule has 0 saturated carbocycles. The van der Waals surface area contributed by atoms with E-state index in [0.29, 0.717) is 22.6 Å².